The normalized spacial score (nSPS) is 19.7. The molecule has 0 bridgehead atoms. The van der Waals surface area contributed by atoms with Crippen LogP contribution in [0, 0.1) is 0 Å². The highest BCUT2D eigenvalue weighted by Crippen LogP contribution is 2.37. The van der Waals surface area contributed by atoms with Gasteiger partial charge in [-0.15, -0.1) is 12.4 Å². The third kappa shape index (κ3) is 6.65. The Morgan fingerprint density at radius 3 is 2.06 bits per heavy atom. The predicted molar refractivity (Wildman–Crippen MR) is 109 cm³/mol. The Hall–Kier alpha value is -1.19. The summed E-state index contributed by atoms with van der Waals surface area (Å²) in [6, 6.07) is 6.56. The van der Waals surface area contributed by atoms with E-state index in [1.807, 2.05) is 0 Å². The molecule has 2 aromatic carbocycles. The van der Waals surface area contributed by atoms with Gasteiger partial charge in [0.05, 0.1) is 33.9 Å². The number of halogens is 9. The highest BCUT2D eigenvalue weighted by Gasteiger charge is 2.37. The number of hydrogen-bond acceptors (Lipinski definition) is 2. The third-order valence-corrected chi connectivity index (χ3v) is 5.64. The van der Waals surface area contributed by atoms with Gasteiger partial charge in [-0.2, -0.15) is 26.3 Å². The van der Waals surface area contributed by atoms with Gasteiger partial charge in [-0.25, -0.2) is 0 Å². The van der Waals surface area contributed by atoms with Gasteiger partial charge in [0, 0.05) is 12.5 Å². The molecule has 0 aromatic heterocycles. The molecule has 1 heterocycles. The second kappa shape index (κ2) is 10.2. The molecule has 0 unspecified atom stereocenters. The molecule has 1 aliphatic rings. The Labute approximate surface area is 191 Å². The van der Waals surface area contributed by atoms with Crippen LogP contribution in [0.4, 0.5) is 26.3 Å². The number of benzene rings is 2. The first-order chi connectivity index (χ1) is 13.9. The summed E-state index contributed by atoms with van der Waals surface area (Å²) in [6.45, 7) is 0.757. The summed E-state index contributed by atoms with van der Waals surface area (Å²) in [5.74, 6) is -0.179. The minimum Gasteiger partial charge on any atom is -0.373 e. The lowest BCUT2D eigenvalue weighted by Crippen LogP contribution is -2.39. The van der Waals surface area contributed by atoms with Crippen molar-refractivity contribution in [3.63, 3.8) is 0 Å². The second-order valence-electron chi connectivity index (χ2n) is 7.04. The lowest BCUT2D eigenvalue weighted by Gasteiger charge is -2.33. The molecule has 0 aliphatic carbocycles. The fourth-order valence-electron chi connectivity index (χ4n) is 3.42. The number of rotatable bonds is 4. The van der Waals surface area contributed by atoms with Crippen molar-refractivity contribution >= 4 is 35.6 Å². The molecule has 1 aliphatic heterocycles. The number of ether oxygens (including phenoxy) is 1. The van der Waals surface area contributed by atoms with E-state index in [1.54, 1.807) is 18.2 Å². The lowest BCUT2D eigenvalue weighted by atomic mass is 9.89. The Balaban J connectivity index is 0.00000341. The minimum absolute atomic E-state index is 0. The summed E-state index contributed by atoms with van der Waals surface area (Å²) in [5.41, 5.74) is -2.09. The summed E-state index contributed by atoms with van der Waals surface area (Å²) in [5, 5.41) is 3.93. The minimum atomic E-state index is -4.90. The largest absolute Gasteiger partial charge is 0.416 e. The van der Waals surface area contributed by atoms with Crippen molar-refractivity contribution in [2.75, 3.05) is 13.1 Å². The van der Waals surface area contributed by atoms with Gasteiger partial charge in [-0.05, 0) is 54.4 Å². The highest BCUT2D eigenvalue weighted by molar-refractivity contribution is 6.42. The Bertz CT molecular complexity index is 871. The van der Waals surface area contributed by atoms with Crippen LogP contribution in [0.3, 0.4) is 0 Å². The number of nitrogens with one attached hydrogen (secondary N) is 1. The second-order valence-corrected chi connectivity index (χ2v) is 7.85. The zero-order valence-corrected chi connectivity index (χ0v) is 18.1. The van der Waals surface area contributed by atoms with Crippen LogP contribution in [0.5, 0.6) is 0 Å². The number of hydrogen-bond donors (Lipinski definition) is 1. The first-order valence-electron chi connectivity index (χ1n) is 9.01. The van der Waals surface area contributed by atoms with E-state index in [2.05, 4.69) is 5.32 Å². The van der Waals surface area contributed by atoms with Crippen LogP contribution in [0.1, 0.15) is 34.6 Å². The zero-order valence-electron chi connectivity index (χ0n) is 15.8. The van der Waals surface area contributed by atoms with E-state index < -0.39 is 29.6 Å². The van der Waals surface area contributed by atoms with Crippen LogP contribution in [0.25, 0.3) is 0 Å². The molecular weight excluding hydrogens is 491 g/mol. The summed E-state index contributed by atoms with van der Waals surface area (Å²) >= 11 is 12.0. The summed E-state index contributed by atoms with van der Waals surface area (Å²) in [6.07, 6.45) is -9.66. The van der Waals surface area contributed by atoms with Crippen molar-refractivity contribution in [2.45, 2.75) is 37.4 Å². The van der Waals surface area contributed by atoms with Gasteiger partial charge in [0.25, 0.3) is 0 Å². The predicted octanol–water partition coefficient (Wildman–Crippen LogP) is 7.12. The molecule has 172 valence electrons. The maximum atomic E-state index is 13.0. The quantitative estimate of drug-likeness (QED) is 0.444. The smallest absolute Gasteiger partial charge is 0.373 e. The summed E-state index contributed by atoms with van der Waals surface area (Å²) in [7, 11) is 0. The van der Waals surface area contributed by atoms with E-state index in [4.69, 9.17) is 27.9 Å². The molecule has 0 saturated carbocycles. The molecule has 0 amide bonds. The Morgan fingerprint density at radius 1 is 0.903 bits per heavy atom. The van der Waals surface area contributed by atoms with Gasteiger partial charge < -0.3 is 10.1 Å². The molecule has 1 N–H and O–H groups in total. The van der Waals surface area contributed by atoms with Gasteiger partial charge in [0.2, 0.25) is 0 Å². The van der Waals surface area contributed by atoms with Crippen LogP contribution in [0.2, 0.25) is 10.0 Å². The topological polar surface area (TPSA) is 21.3 Å². The molecule has 2 atom stereocenters. The molecular formula is C20H18Cl3F6NO. The van der Waals surface area contributed by atoms with Crippen LogP contribution in [0.15, 0.2) is 36.4 Å². The molecule has 0 radical (unpaired) electrons. The van der Waals surface area contributed by atoms with Gasteiger partial charge >= 0.3 is 12.4 Å². The summed E-state index contributed by atoms with van der Waals surface area (Å²) in [4.78, 5) is 0. The first-order valence-corrected chi connectivity index (χ1v) is 9.76. The average Bonchev–Trinajstić information content (AvgIpc) is 2.67. The number of piperidine rings is 1. The maximum absolute atomic E-state index is 13.0. The van der Waals surface area contributed by atoms with Crippen molar-refractivity contribution in [1.82, 2.24) is 5.32 Å². The van der Waals surface area contributed by atoms with E-state index >= 15 is 0 Å². The monoisotopic (exact) mass is 507 g/mol. The van der Waals surface area contributed by atoms with E-state index in [0.29, 0.717) is 41.7 Å². The van der Waals surface area contributed by atoms with E-state index in [9.17, 15) is 26.3 Å². The Morgan fingerprint density at radius 2 is 1.52 bits per heavy atom. The van der Waals surface area contributed by atoms with Crippen molar-refractivity contribution in [3.05, 3.63) is 68.7 Å². The lowest BCUT2D eigenvalue weighted by molar-refractivity contribution is -0.143. The van der Waals surface area contributed by atoms with Gasteiger partial charge in [0.1, 0.15) is 0 Å². The summed E-state index contributed by atoms with van der Waals surface area (Å²) < 4.78 is 84.1. The maximum Gasteiger partial charge on any atom is 0.416 e. The van der Waals surface area contributed by atoms with Crippen LogP contribution < -0.4 is 5.32 Å². The van der Waals surface area contributed by atoms with Crippen molar-refractivity contribution in [2.24, 2.45) is 0 Å². The molecule has 2 aromatic rings. The van der Waals surface area contributed by atoms with E-state index in [0.717, 1.165) is 5.56 Å². The van der Waals surface area contributed by atoms with Crippen LogP contribution >= 0.6 is 35.6 Å². The SMILES string of the molecule is Cl.FC(F)(F)c1cc(CO[C@H]2CCNC[C@H]2c2ccc(Cl)c(Cl)c2)cc(C(F)(F)F)c1. The van der Waals surface area contributed by atoms with Crippen molar-refractivity contribution in [3.8, 4) is 0 Å². The standard InChI is InChI=1S/C20H17Cl2F6NO.ClH/c21-16-2-1-12(7-17(16)22)15-9-29-4-3-18(15)30-10-11-5-13(19(23,24)25)8-14(6-11)20(26,27)28;/h1-2,5-8,15,18,29H,3-4,9-10H2;1H/t15-,18-;/m0./s1. The third-order valence-electron chi connectivity index (χ3n) is 4.90. The fourth-order valence-corrected chi connectivity index (χ4v) is 3.72. The average molecular weight is 509 g/mol. The molecule has 2 nitrogen and oxygen atoms in total. The zero-order chi connectivity index (χ0) is 22.1. The van der Waals surface area contributed by atoms with Gasteiger partial charge in [0.15, 0.2) is 0 Å². The fraction of sp³-hybridized carbons (Fsp3) is 0.400. The van der Waals surface area contributed by atoms with Gasteiger partial charge in [-0.1, -0.05) is 29.3 Å². The van der Waals surface area contributed by atoms with Crippen molar-refractivity contribution < 1.29 is 31.1 Å². The van der Waals surface area contributed by atoms with E-state index in [1.165, 1.54) is 0 Å². The highest BCUT2D eigenvalue weighted by atomic mass is 35.5. The number of alkyl halides is 6. The Kier molecular flexibility index (Phi) is 8.55. The molecule has 3 rings (SSSR count). The molecule has 11 heteroatoms. The molecule has 1 fully saturated rings. The van der Waals surface area contributed by atoms with Crippen LogP contribution in [-0.2, 0) is 23.7 Å². The van der Waals surface area contributed by atoms with Crippen molar-refractivity contribution in [1.29, 1.82) is 0 Å². The van der Waals surface area contributed by atoms with Gasteiger partial charge in [-0.3, -0.25) is 0 Å². The first kappa shape index (κ1) is 26.1. The molecule has 0 spiro atoms. The molecule has 31 heavy (non-hydrogen) atoms. The molecule has 1 saturated heterocycles. The van der Waals surface area contributed by atoms with Crippen LogP contribution in [-0.4, -0.2) is 19.2 Å². The van der Waals surface area contributed by atoms with E-state index in [-0.39, 0.29) is 36.6 Å².